The molecule has 0 radical (unpaired) electrons. The minimum absolute atomic E-state index is 0.111. The monoisotopic (exact) mass is 289 g/mol. The van der Waals surface area contributed by atoms with Crippen molar-refractivity contribution in [2.45, 2.75) is 0 Å². The average molecular weight is 290 g/mol. The van der Waals surface area contributed by atoms with Crippen LogP contribution in [0.15, 0.2) is 17.5 Å². The SMILES string of the molecule is O=C(Nc1nc(Cl)c([N+](=O)[O-])s1)c1cccs1. The fraction of sp³-hybridized carbons (Fsp3) is 0. The van der Waals surface area contributed by atoms with Crippen molar-refractivity contribution in [1.82, 2.24) is 4.98 Å². The molecule has 0 bridgehead atoms. The molecule has 0 unspecified atom stereocenters. The Kier molecular flexibility index (Phi) is 3.36. The lowest BCUT2D eigenvalue weighted by atomic mass is 10.4. The van der Waals surface area contributed by atoms with Gasteiger partial charge in [-0.25, -0.2) is 4.98 Å². The summed E-state index contributed by atoms with van der Waals surface area (Å²) in [6.07, 6.45) is 0. The van der Waals surface area contributed by atoms with Crippen LogP contribution < -0.4 is 5.32 Å². The van der Waals surface area contributed by atoms with Gasteiger partial charge < -0.3 is 0 Å². The van der Waals surface area contributed by atoms with Gasteiger partial charge in [0.05, 0.1) is 9.80 Å². The Balaban J connectivity index is 2.17. The van der Waals surface area contributed by atoms with Crippen molar-refractivity contribution in [2.75, 3.05) is 5.32 Å². The summed E-state index contributed by atoms with van der Waals surface area (Å²) in [5.74, 6) is -0.361. The van der Waals surface area contributed by atoms with E-state index >= 15 is 0 Å². The van der Waals surface area contributed by atoms with E-state index in [9.17, 15) is 14.9 Å². The molecule has 0 aromatic carbocycles. The molecule has 2 heterocycles. The molecule has 2 rings (SSSR count). The highest BCUT2D eigenvalue weighted by molar-refractivity contribution is 7.19. The smallest absolute Gasteiger partial charge is 0.297 e. The molecule has 1 amide bonds. The van der Waals surface area contributed by atoms with Gasteiger partial charge in [-0.3, -0.25) is 20.2 Å². The standard InChI is InChI=1S/C8H4ClN3O3S2/c9-5-7(12(14)15)17-8(10-5)11-6(13)4-2-1-3-16-4/h1-3H,(H,10,11,13). The first-order valence-corrected chi connectivity index (χ1v) is 6.31. The number of amides is 1. The highest BCUT2D eigenvalue weighted by Gasteiger charge is 2.21. The molecule has 0 aliphatic carbocycles. The van der Waals surface area contributed by atoms with E-state index in [1.807, 2.05) is 0 Å². The van der Waals surface area contributed by atoms with Gasteiger partial charge in [-0.05, 0) is 22.8 Å². The summed E-state index contributed by atoms with van der Waals surface area (Å²) < 4.78 is 0. The molecule has 88 valence electrons. The number of nitrogens with zero attached hydrogens (tertiary/aromatic N) is 2. The molecule has 0 spiro atoms. The molecule has 0 fully saturated rings. The minimum atomic E-state index is -0.638. The van der Waals surface area contributed by atoms with Crippen molar-refractivity contribution >= 4 is 50.3 Å². The van der Waals surface area contributed by atoms with Crippen LogP contribution in [0.1, 0.15) is 9.67 Å². The van der Waals surface area contributed by atoms with Gasteiger partial charge in [0, 0.05) is 0 Å². The third-order valence-corrected chi connectivity index (χ3v) is 3.87. The van der Waals surface area contributed by atoms with E-state index < -0.39 is 4.92 Å². The van der Waals surface area contributed by atoms with E-state index in [1.165, 1.54) is 11.3 Å². The van der Waals surface area contributed by atoms with Crippen LogP contribution in [0.25, 0.3) is 0 Å². The maximum Gasteiger partial charge on any atom is 0.364 e. The molecular formula is C8H4ClN3O3S2. The summed E-state index contributed by atoms with van der Waals surface area (Å²) in [6.45, 7) is 0. The molecule has 17 heavy (non-hydrogen) atoms. The number of anilines is 1. The van der Waals surface area contributed by atoms with Crippen LogP contribution in [0, 0.1) is 10.1 Å². The van der Waals surface area contributed by atoms with E-state index in [0.717, 1.165) is 11.3 Å². The maximum atomic E-state index is 11.6. The summed E-state index contributed by atoms with van der Waals surface area (Å²) in [4.78, 5) is 25.7. The Morgan fingerprint density at radius 2 is 2.35 bits per heavy atom. The van der Waals surface area contributed by atoms with Crippen LogP contribution in [-0.4, -0.2) is 15.8 Å². The van der Waals surface area contributed by atoms with Gasteiger partial charge in [-0.1, -0.05) is 17.7 Å². The van der Waals surface area contributed by atoms with Crippen molar-refractivity contribution in [3.05, 3.63) is 37.7 Å². The summed E-state index contributed by atoms with van der Waals surface area (Å²) in [6, 6.07) is 3.38. The summed E-state index contributed by atoms with van der Waals surface area (Å²) in [5, 5.41) is 14.3. The Hall–Kier alpha value is -1.51. The fourth-order valence-electron chi connectivity index (χ4n) is 1.03. The third-order valence-electron chi connectivity index (χ3n) is 1.70. The number of rotatable bonds is 3. The van der Waals surface area contributed by atoms with E-state index in [2.05, 4.69) is 10.3 Å². The van der Waals surface area contributed by atoms with Crippen molar-refractivity contribution in [3.8, 4) is 0 Å². The largest absolute Gasteiger partial charge is 0.364 e. The highest BCUT2D eigenvalue weighted by Crippen LogP contribution is 2.34. The molecule has 0 aliphatic heterocycles. The number of hydrogen-bond acceptors (Lipinski definition) is 6. The van der Waals surface area contributed by atoms with E-state index in [1.54, 1.807) is 17.5 Å². The molecule has 1 N–H and O–H groups in total. The van der Waals surface area contributed by atoms with E-state index in [4.69, 9.17) is 11.6 Å². The number of thiophene rings is 1. The number of nitrogens with one attached hydrogen (secondary N) is 1. The van der Waals surface area contributed by atoms with Crippen LogP contribution in [0.2, 0.25) is 5.15 Å². The third kappa shape index (κ3) is 2.60. The predicted molar refractivity (Wildman–Crippen MR) is 66.1 cm³/mol. The first kappa shape index (κ1) is 12.0. The Morgan fingerprint density at radius 1 is 1.59 bits per heavy atom. The zero-order valence-corrected chi connectivity index (χ0v) is 10.4. The number of thiazole rings is 1. The van der Waals surface area contributed by atoms with Gasteiger partial charge in [0.25, 0.3) is 5.91 Å². The van der Waals surface area contributed by atoms with Crippen molar-refractivity contribution < 1.29 is 9.72 Å². The molecule has 2 aromatic heterocycles. The van der Waals surface area contributed by atoms with E-state index in [0.29, 0.717) is 4.88 Å². The first-order chi connectivity index (χ1) is 8.08. The van der Waals surface area contributed by atoms with Gasteiger partial charge in [-0.2, -0.15) is 0 Å². The van der Waals surface area contributed by atoms with Crippen LogP contribution >= 0.6 is 34.3 Å². The average Bonchev–Trinajstić information content (AvgIpc) is 2.86. The number of carbonyl (C=O) groups is 1. The molecule has 6 nitrogen and oxygen atoms in total. The van der Waals surface area contributed by atoms with Crippen LogP contribution in [-0.2, 0) is 0 Å². The van der Waals surface area contributed by atoms with E-state index in [-0.39, 0.29) is 21.2 Å². The fourth-order valence-corrected chi connectivity index (χ4v) is 2.63. The second kappa shape index (κ2) is 4.78. The van der Waals surface area contributed by atoms with Gasteiger partial charge in [0.2, 0.25) is 5.15 Å². The number of carbonyl (C=O) groups excluding carboxylic acids is 1. The van der Waals surface area contributed by atoms with Crippen LogP contribution in [0.3, 0.4) is 0 Å². The number of aromatic nitrogens is 1. The molecule has 9 heteroatoms. The molecule has 0 aliphatic rings. The van der Waals surface area contributed by atoms with Crippen molar-refractivity contribution in [2.24, 2.45) is 0 Å². The molecule has 0 atom stereocenters. The number of halogens is 1. The molecule has 0 saturated heterocycles. The Morgan fingerprint density at radius 3 is 2.88 bits per heavy atom. The summed E-state index contributed by atoms with van der Waals surface area (Å²) in [7, 11) is 0. The van der Waals surface area contributed by atoms with Crippen molar-refractivity contribution in [1.29, 1.82) is 0 Å². The van der Waals surface area contributed by atoms with Gasteiger partial charge in [0.1, 0.15) is 0 Å². The van der Waals surface area contributed by atoms with Gasteiger partial charge in [0.15, 0.2) is 5.13 Å². The maximum absolute atomic E-state index is 11.6. The van der Waals surface area contributed by atoms with Gasteiger partial charge in [-0.15, -0.1) is 11.3 Å². The minimum Gasteiger partial charge on any atom is -0.297 e. The lowest BCUT2D eigenvalue weighted by Gasteiger charge is -1.96. The number of nitro groups is 1. The van der Waals surface area contributed by atoms with Crippen LogP contribution in [0.5, 0.6) is 0 Å². The molecule has 0 saturated carbocycles. The summed E-state index contributed by atoms with van der Waals surface area (Å²) in [5.41, 5.74) is 0. The van der Waals surface area contributed by atoms with Crippen molar-refractivity contribution in [3.63, 3.8) is 0 Å². The zero-order valence-electron chi connectivity index (χ0n) is 8.05. The second-order valence-electron chi connectivity index (χ2n) is 2.80. The van der Waals surface area contributed by atoms with Crippen LogP contribution in [0.4, 0.5) is 10.1 Å². The summed E-state index contributed by atoms with van der Waals surface area (Å²) >= 11 is 7.55. The van der Waals surface area contributed by atoms with Gasteiger partial charge >= 0.3 is 5.00 Å². The normalized spacial score (nSPS) is 10.2. The molecular weight excluding hydrogens is 286 g/mol. The highest BCUT2D eigenvalue weighted by atomic mass is 35.5. The second-order valence-corrected chi connectivity index (χ2v) is 5.09. The topological polar surface area (TPSA) is 85.1 Å². The quantitative estimate of drug-likeness (QED) is 0.695. The lowest BCUT2D eigenvalue weighted by molar-refractivity contribution is -0.380. The zero-order chi connectivity index (χ0) is 12.4. The first-order valence-electron chi connectivity index (χ1n) is 4.23. The Bertz CT molecular complexity index is 567. The number of hydrogen-bond donors (Lipinski definition) is 1. The molecule has 2 aromatic rings. The lowest BCUT2D eigenvalue weighted by Crippen LogP contribution is -2.09. The predicted octanol–water partition coefficient (Wildman–Crippen LogP) is 3.02. The Labute approximate surface area is 108 Å².